The van der Waals surface area contributed by atoms with Gasteiger partial charge < -0.3 is 16.0 Å². The Labute approximate surface area is 182 Å². The van der Waals surface area contributed by atoms with E-state index in [-0.39, 0.29) is 23.4 Å². The van der Waals surface area contributed by atoms with Gasteiger partial charge in [0.2, 0.25) is 5.91 Å². The number of halogens is 1. The molecule has 1 aromatic carbocycles. The van der Waals surface area contributed by atoms with Gasteiger partial charge in [0, 0.05) is 31.4 Å². The molecule has 1 fully saturated rings. The zero-order valence-electron chi connectivity index (χ0n) is 18.1. The highest BCUT2D eigenvalue weighted by atomic mass is 19.1. The maximum atomic E-state index is 14.1. The van der Waals surface area contributed by atoms with Gasteiger partial charge in [0.25, 0.3) is 5.91 Å². The fourth-order valence-corrected chi connectivity index (χ4v) is 3.74. The number of rotatable bonds is 11. The number of primary amides is 1. The minimum atomic E-state index is -0.787. The van der Waals surface area contributed by atoms with Crippen LogP contribution in [0.15, 0.2) is 36.9 Å². The topological polar surface area (TPSA) is 101 Å². The minimum absolute atomic E-state index is 0.0170. The summed E-state index contributed by atoms with van der Waals surface area (Å²) in [6.07, 6.45) is 9.43. The third kappa shape index (κ3) is 6.82. The van der Waals surface area contributed by atoms with Crippen molar-refractivity contribution in [2.75, 3.05) is 20.6 Å². The predicted molar refractivity (Wildman–Crippen MR) is 116 cm³/mol. The van der Waals surface area contributed by atoms with Gasteiger partial charge in [0.15, 0.2) is 0 Å². The molecule has 1 aromatic heterocycles. The number of aromatic nitrogens is 2. The second kappa shape index (κ2) is 10.4. The van der Waals surface area contributed by atoms with Crippen LogP contribution in [0.4, 0.5) is 4.39 Å². The smallest absolute Gasteiger partial charge is 0.251 e. The van der Waals surface area contributed by atoms with E-state index in [4.69, 9.17) is 5.73 Å². The van der Waals surface area contributed by atoms with E-state index in [1.165, 1.54) is 31.3 Å². The molecule has 0 spiro atoms. The second-order valence-electron chi connectivity index (χ2n) is 8.56. The molecule has 8 heteroatoms. The standard InChI is InChI=1S/C23H30FN5O2/c1-29(2)19(8-16-5-6-20(23(25)31)21(24)9-16)13-28-22(30)10-17(7-15-3-4-15)18-11-26-14-27-12-18/h5-6,9,11-12,14-15,17,19H,3-4,7-8,10,13H2,1-2H3,(H2,25,31)(H,28,30). The summed E-state index contributed by atoms with van der Waals surface area (Å²) in [5, 5.41) is 3.03. The lowest BCUT2D eigenvalue weighted by atomic mass is 9.92. The summed E-state index contributed by atoms with van der Waals surface area (Å²) in [5.74, 6) is -0.631. The highest BCUT2D eigenvalue weighted by Gasteiger charge is 2.28. The van der Waals surface area contributed by atoms with Gasteiger partial charge in [-0.2, -0.15) is 0 Å². The van der Waals surface area contributed by atoms with Crippen molar-refractivity contribution in [3.63, 3.8) is 0 Å². The maximum Gasteiger partial charge on any atom is 0.251 e. The monoisotopic (exact) mass is 427 g/mol. The predicted octanol–water partition coefficient (Wildman–Crippen LogP) is 2.28. The fourth-order valence-electron chi connectivity index (χ4n) is 3.74. The molecular formula is C23H30FN5O2. The minimum Gasteiger partial charge on any atom is -0.366 e. The van der Waals surface area contributed by atoms with E-state index in [0.717, 1.165) is 17.5 Å². The summed E-state index contributed by atoms with van der Waals surface area (Å²) in [5.41, 5.74) is 6.79. The van der Waals surface area contributed by atoms with Gasteiger partial charge in [0.05, 0.1) is 5.56 Å². The molecule has 3 rings (SSSR count). The van der Waals surface area contributed by atoms with Crippen molar-refractivity contribution in [1.82, 2.24) is 20.2 Å². The van der Waals surface area contributed by atoms with Gasteiger partial charge >= 0.3 is 0 Å². The third-order valence-electron chi connectivity index (χ3n) is 5.83. The van der Waals surface area contributed by atoms with E-state index in [2.05, 4.69) is 15.3 Å². The molecule has 1 heterocycles. The van der Waals surface area contributed by atoms with Crippen molar-refractivity contribution in [2.45, 2.75) is 44.1 Å². The fraction of sp³-hybridized carbons (Fsp3) is 0.478. The summed E-state index contributed by atoms with van der Waals surface area (Å²) in [4.78, 5) is 34.1. The number of hydrogen-bond donors (Lipinski definition) is 2. The van der Waals surface area contributed by atoms with Crippen LogP contribution in [-0.2, 0) is 11.2 Å². The van der Waals surface area contributed by atoms with Crippen LogP contribution in [0.25, 0.3) is 0 Å². The molecule has 1 aliphatic rings. The van der Waals surface area contributed by atoms with Crippen molar-refractivity contribution >= 4 is 11.8 Å². The van der Waals surface area contributed by atoms with Crippen LogP contribution in [0.1, 0.15) is 53.1 Å². The lowest BCUT2D eigenvalue weighted by Gasteiger charge is -2.25. The lowest BCUT2D eigenvalue weighted by molar-refractivity contribution is -0.121. The maximum absolute atomic E-state index is 14.1. The average molecular weight is 428 g/mol. The molecule has 7 nitrogen and oxygen atoms in total. The van der Waals surface area contributed by atoms with Crippen molar-refractivity contribution in [3.8, 4) is 0 Å². The molecule has 0 radical (unpaired) electrons. The molecular weight excluding hydrogens is 397 g/mol. The molecule has 3 N–H and O–H groups in total. The van der Waals surface area contributed by atoms with Crippen molar-refractivity contribution in [1.29, 1.82) is 0 Å². The van der Waals surface area contributed by atoms with Crippen LogP contribution < -0.4 is 11.1 Å². The van der Waals surface area contributed by atoms with Crippen LogP contribution in [0.2, 0.25) is 0 Å². The van der Waals surface area contributed by atoms with Gasteiger partial charge in [-0.1, -0.05) is 18.9 Å². The first-order valence-electron chi connectivity index (χ1n) is 10.6. The Kier molecular flexibility index (Phi) is 7.68. The summed E-state index contributed by atoms with van der Waals surface area (Å²) in [6.45, 7) is 0.437. The van der Waals surface area contributed by atoms with Crippen molar-refractivity contribution in [3.05, 3.63) is 59.4 Å². The number of likely N-dealkylation sites (N-methyl/N-ethyl adjacent to an activating group) is 1. The van der Waals surface area contributed by atoms with E-state index >= 15 is 0 Å². The third-order valence-corrected chi connectivity index (χ3v) is 5.83. The van der Waals surface area contributed by atoms with E-state index in [9.17, 15) is 14.0 Å². The van der Waals surface area contributed by atoms with Gasteiger partial charge in [-0.05, 0) is 62.0 Å². The molecule has 166 valence electrons. The second-order valence-corrected chi connectivity index (χ2v) is 8.56. The molecule has 2 amide bonds. The van der Waals surface area contributed by atoms with Gasteiger partial charge in [0.1, 0.15) is 12.1 Å². The van der Waals surface area contributed by atoms with E-state index in [0.29, 0.717) is 25.3 Å². The Morgan fingerprint density at radius 1 is 1.26 bits per heavy atom. The SMILES string of the molecule is CN(C)C(CNC(=O)CC(CC1CC1)c1cncnc1)Cc1ccc(C(N)=O)c(F)c1. The number of benzene rings is 1. The van der Waals surface area contributed by atoms with E-state index in [1.807, 2.05) is 19.0 Å². The molecule has 0 aliphatic heterocycles. The first-order valence-corrected chi connectivity index (χ1v) is 10.6. The molecule has 1 saturated carbocycles. The van der Waals surface area contributed by atoms with Crippen molar-refractivity contribution in [2.24, 2.45) is 11.7 Å². The van der Waals surface area contributed by atoms with Gasteiger partial charge in [-0.15, -0.1) is 0 Å². The summed E-state index contributed by atoms with van der Waals surface area (Å²) >= 11 is 0. The number of carbonyl (C=O) groups is 2. The Morgan fingerprint density at radius 3 is 2.55 bits per heavy atom. The highest BCUT2D eigenvalue weighted by molar-refractivity contribution is 5.93. The van der Waals surface area contributed by atoms with Crippen molar-refractivity contribution < 1.29 is 14.0 Å². The van der Waals surface area contributed by atoms with Crippen LogP contribution in [-0.4, -0.2) is 53.4 Å². The Hall–Kier alpha value is -2.87. The number of amides is 2. The zero-order valence-corrected chi connectivity index (χ0v) is 18.1. The highest BCUT2D eigenvalue weighted by Crippen LogP contribution is 2.39. The molecule has 2 atom stereocenters. The largest absolute Gasteiger partial charge is 0.366 e. The first-order chi connectivity index (χ1) is 14.8. The van der Waals surface area contributed by atoms with Crippen LogP contribution in [0.3, 0.4) is 0 Å². The zero-order chi connectivity index (χ0) is 22.4. The van der Waals surface area contributed by atoms with Gasteiger partial charge in [-0.3, -0.25) is 9.59 Å². The molecule has 2 unspecified atom stereocenters. The number of nitrogens with two attached hydrogens (primary N) is 1. The van der Waals surface area contributed by atoms with E-state index < -0.39 is 11.7 Å². The Bertz CT molecular complexity index is 902. The number of nitrogens with zero attached hydrogens (tertiary/aromatic N) is 3. The average Bonchev–Trinajstić information content (AvgIpc) is 3.55. The summed E-state index contributed by atoms with van der Waals surface area (Å²) < 4.78 is 14.1. The molecule has 0 saturated heterocycles. The summed E-state index contributed by atoms with van der Waals surface area (Å²) in [6, 6.07) is 4.41. The van der Waals surface area contributed by atoms with Crippen LogP contribution in [0.5, 0.6) is 0 Å². The van der Waals surface area contributed by atoms with E-state index in [1.54, 1.807) is 18.5 Å². The number of nitrogens with one attached hydrogen (secondary N) is 1. The van der Waals surface area contributed by atoms with Crippen LogP contribution in [0, 0.1) is 11.7 Å². The number of carbonyl (C=O) groups excluding carboxylic acids is 2. The normalized spacial score (nSPS) is 15.5. The molecule has 2 aromatic rings. The Morgan fingerprint density at radius 2 is 1.97 bits per heavy atom. The molecule has 31 heavy (non-hydrogen) atoms. The molecule has 0 bridgehead atoms. The summed E-state index contributed by atoms with van der Waals surface area (Å²) in [7, 11) is 3.84. The van der Waals surface area contributed by atoms with Crippen LogP contribution >= 0.6 is 0 Å². The molecule has 1 aliphatic carbocycles. The first kappa shape index (κ1) is 22.8. The number of hydrogen-bond acceptors (Lipinski definition) is 5. The Balaban J connectivity index is 1.58. The lowest BCUT2D eigenvalue weighted by Crippen LogP contribution is -2.42. The van der Waals surface area contributed by atoms with Gasteiger partial charge in [-0.25, -0.2) is 14.4 Å². The quantitative estimate of drug-likeness (QED) is 0.573.